The average Bonchev–Trinajstić information content (AvgIpc) is 3.17. The molecule has 3 aromatic rings. The highest BCUT2D eigenvalue weighted by atomic mass is 32.2. The van der Waals surface area contributed by atoms with Crippen molar-refractivity contribution >= 4 is 17.7 Å². The molecule has 0 fully saturated rings. The Labute approximate surface area is 162 Å². The molecule has 0 aliphatic rings. The number of amides is 1. The van der Waals surface area contributed by atoms with Gasteiger partial charge < -0.3 is 14.2 Å². The molecule has 0 spiro atoms. The number of carbonyl (C=O) groups excluding carboxylic acids is 1. The number of nitrogens with zero attached hydrogens (tertiary/aromatic N) is 3. The highest BCUT2D eigenvalue weighted by molar-refractivity contribution is 7.99. The maximum absolute atomic E-state index is 12.3. The van der Waals surface area contributed by atoms with Gasteiger partial charge in [0.15, 0.2) is 0 Å². The van der Waals surface area contributed by atoms with Gasteiger partial charge >= 0.3 is 0 Å². The summed E-state index contributed by atoms with van der Waals surface area (Å²) in [6.07, 6.45) is 0. The summed E-state index contributed by atoms with van der Waals surface area (Å²) < 4.78 is 10.4. The predicted molar refractivity (Wildman–Crippen MR) is 105 cm³/mol. The quantitative estimate of drug-likeness (QED) is 0.592. The van der Waals surface area contributed by atoms with Gasteiger partial charge in [0.2, 0.25) is 17.6 Å². The van der Waals surface area contributed by atoms with E-state index in [1.807, 2.05) is 42.5 Å². The van der Waals surface area contributed by atoms with Crippen LogP contribution in [-0.4, -0.2) is 40.9 Å². The fourth-order valence-electron chi connectivity index (χ4n) is 2.41. The van der Waals surface area contributed by atoms with Crippen LogP contribution in [0.1, 0.15) is 11.5 Å². The first-order valence-corrected chi connectivity index (χ1v) is 9.64. The Hall–Kier alpha value is -2.80. The van der Waals surface area contributed by atoms with Crippen LogP contribution in [0.2, 0.25) is 0 Å². The molecule has 0 N–H and O–H groups in total. The molecule has 6 nitrogen and oxygen atoms in total. The molecule has 7 heteroatoms. The van der Waals surface area contributed by atoms with Crippen LogP contribution in [0.25, 0.3) is 11.4 Å². The Morgan fingerprint density at radius 1 is 1.15 bits per heavy atom. The van der Waals surface area contributed by atoms with E-state index in [0.717, 1.165) is 17.1 Å². The van der Waals surface area contributed by atoms with E-state index >= 15 is 0 Å². The molecule has 0 saturated carbocycles. The molecule has 0 saturated heterocycles. The number of carbonyl (C=O) groups is 1. The van der Waals surface area contributed by atoms with E-state index in [2.05, 4.69) is 22.3 Å². The molecule has 0 aliphatic carbocycles. The topological polar surface area (TPSA) is 68.5 Å². The summed E-state index contributed by atoms with van der Waals surface area (Å²) in [5.41, 5.74) is 2.04. The molecule has 0 radical (unpaired) electrons. The summed E-state index contributed by atoms with van der Waals surface area (Å²) in [6, 6.07) is 17.5. The summed E-state index contributed by atoms with van der Waals surface area (Å²) in [4.78, 5) is 18.3. The van der Waals surface area contributed by atoms with Crippen molar-refractivity contribution in [2.24, 2.45) is 0 Å². The Morgan fingerprint density at radius 2 is 1.89 bits per heavy atom. The van der Waals surface area contributed by atoms with Crippen LogP contribution in [0, 0.1) is 0 Å². The molecular weight excluding hydrogens is 362 g/mol. The van der Waals surface area contributed by atoms with Gasteiger partial charge in [-0.3, -0.25) is 4.79 Å². The first-order valence-electron chi connectivity index (χ1n) is 8.48. The molecule has 27 heavy (non-hydrogen) atoms. The molecule has 0 aliphatic heterocycles. The van der Waals surface area contributed by atoms with Gasteiger partial charge in [0.05, 0.1) is 19.4 Å². The molecule has 2 aromatic carbocycles. The zero-order chi connectivity index (χ0) is 19.1. The fourth-order valence-corrected chi connectivity index (χ4v) is 3.33. The molecule has 0 atom stereocenters. The minimum absolute atomic E-state index is 0.0279. The van der Waals surface area contributed by atoms with Gasteiger partial charge in [-0.25, -0.2) is 0 Å². The largest absolute Gasteiger partial charge is 0.497 e. The lowest BCUT2D eigenvalue weighted by Crippen LogP contribution is -2.28. The first kappa shape index (κ1) is 19.0. The molecule has 1 aromatic heterocycles. The fraction of sp³-hybridized carbons (Fsp3) is 0.250. The van der Waals surface area contributed by atoms with Gasteiger partial charge in [-0.2, -0.15) is 4.98 Å². The molecule has 1 heterocycles. The third kappa shape index (κ3) is 5.34. The third-order valence-corrected chi connectivity index (χ3v) is 4.94. The first-order chi connectivity index (χ1) is 13.2. The van der Waals surface area contributed by atoms with Crippen LogP contribution in [0.5, 0.6) is 5.75 Å². The van der Waals surface area contributed by atoms with Crippen molar-refractivity contribution in [3.05, 3.63) is 66.1 Å². The number of thioether (sulfide) groups is 1. The number of rotatable bonds is 8. The molecule has 1 amide bonds. The predicted octanol–water partition coefficient (Wildman–Crippen LogP) is 3.64. The number of hydrogen-bond acceptors (Lipinski definition) is 6. The van der Waals surface area contributed by atoms with E-state index < -0.39 is 0 Å². The van der Waals surface area contributed by atoms with Crippen LogP contribution in [0.4, 0.5) is 0 Å². The van der Waals surface area contributed by atoms with Crippen molar-refractivity contribution in [3.8, 4) is 17.1 Å². The summed E-state index contributed by atoms with van der Waals surface area (Å²) in [5, 5.41) is 3.99. The maximum Gasteiger partial charge on any atom is 0.246 e. The third-order valence-electron chi connectivity index (χ3n) is 3.95. The Kier molecular flexibility index (Phi) is 6.49. The van der Waals surface area contributed by atoms with Crippen LogP contribution < -0.4 is 4.74 Å². The van der Waals surface area contributed by atoms with E-state index in [4.69, 9.17) is 9.26 Å². The average molecular weight is 383 g/mol. The molecule has 3 rings (SSSR count). The molecule has 0 unspecified atom stereocenters. The van der Waals surface area contributed by atoms with Crippen molar-refractivity contribution in [1.29, 1.82) is 0 Å². The molecular formula is C20H21N3O3S. The lowest BCUT2D eigenvalue weighted by Gasteiger charge is -2.14. The lowest BCUT2D eigenvalue weighted by molar-refractivity contribution is -0.127. The van der Waals surface area contributed by atoms with Crippen molar-refractivity contribution in [2.75, 3.05) is 19.9 Å². The Morgan fingerprint density at radius 3 is 2.59 bits per heavy atom. The highest BCUT2D eigenvalue weighted by Gasteiger charge is 2.15. The maximum atomic E-state index is 12.3. The smallest absolute Gasteiger partial charge is 0.246 e. The van der Waals surface area contributed by atoms with Crippen molar-refractivity contribution < 1.29 is 14.1 Å². The minimum Gasteiger partial charge on any atom is -0.497 e. The summed E-state index contributed by atoms with van der Waals surface area (Å²) in [6.45, 7) is 0.286. The van der Waals surface area contributed by atoms with Crippen molar-refractivity contribution in [3.63, 3.8) is 0 Å². The van der Waals surface area contributed by atoms with E-state index in [9.17, 15) is 4.79 Å². The highest BCUT2D eigenvalue weighted by Crippen LogP contribution is 2.20. The van der Waals surface area contributed by atoms with Crippen LogP contribution in [0.15, 0.2) is 59.1 Å². The minimum atomic E-state index is 0.0279. The molecule has 0 bridgehead atoms. The monoisotopic (exact) mass is 383 g/mol. The summed E-state index contributed by atoms with van der Waals surface area (Å²) >= 11 is 1.59. The van der Waals surface area contributed by atoms with Gasteiger partial charge in [-0.05, 0) is 29.8 Å². The van der Waals surface area contributed by atoms with Crippen LogP contribution in [0.3, 0.4) is 0 Å². The van der Waals surface area contributed by atoms with E-state index in [-0.39, 0.29) is 12.5 Å². The van der Waals surface area contributed by atoms with Gasteiger partial charge in [-0.15, -0.1) is 11.8 Å². The van der Waals surface area contributed by atoms with E-state index in [0.29, 0.717) is 17.5 Å². The number of methoxy groups -OCH3 is 1. The summed E-state index contributed by atoms with van der Waals surface area (Å²) in [7, 11) is 3.36. The second-order valence-corrected chi connectivity index (χ2v) is 6.95. The van der Waals surface area contributed by atoms with Gasteiger partial charge in [0, 0.05) is 18.4 Å². The van der Waals surface area contributed by atoms with Gasteiger partial charge in [-0.1, -0.05) is 35.5 Å². The number of aromatic nitrogens is 2. The van der Waals surface area contributed by atoms with Crippen molar-refractivity contribution in [2.45, 2.75) is 12.3 Å². The lowest BCUT2D eigenvalue weighted by atomic mass is 10.2. The zero-order valence-electron chi connectivity index (χ0n) is 15.3. The van der Waals surface area contributed by atoms with E-state index in [1.165, 1.54) is 5.56 Å². The van der Waals surface area contributed by atoms with Crippen LogP contribution >= 0.6 is 11.8 Å². The number of benzene rings is 2. The van der Waals surface area contributed by atoms with Crippen LogP contribution in [-0.2, 0) is 17.1 Å². The molecule has 140 valence electrons. The second kappa shape index (κ2) is 9.23. The number of ether oxygens (including phenoxy) is 1. The van der Waals surface area contributed by atoms with Crippen molar-refractivity contribution in [1.82, 2.24) is 15.0 Å². The summed E-state index contributed by atoms with van der Waals surface area (Å²) in [5.74, 6) is 2.91. The van der Waals surface area contributed by atoms with Gasteiger partial charge in [0.1, 0.15) is 5.75 Å². The Balaban J connectivity index is 1.50. The SMILES string of the molecule is COc1ccc(-c2noc(CN(C)C(=O)CSCc3ccccc3)n2)cc1. The van der Waals surface area contributed by atoms with Gasteiger partial charge in [0.25, 0.3) is 0 Å². The second-order valence-electron chi connectivity index (χ2n) is 5.97. The van der Waals surface area contributed by atoms with E-state index in [1.54, 1.807) is 30.8 Å². The number of hydrogen-bond donors (Lipinski definition) is 0. The standard InChI is InChI=1S/C20H21N3O3S/c1-23(19(24)14-27-13-15-6-4-3-5-7-15)12-18-21-20(22-26-18)16-8-10-17(25-2)11-9-16/h3-11H,12-14H2,1-2H3. The Bertz CT molecular complexity index is 866. The normalized spacial score (nSPS) is 10.6. The zero-order valence-corrected chi connectivity index (χ0v) is 16.1.